The predicted molar refractivity (Wildman–Crippen MR) is 132 cm³/mol. The Bertz CT molecular complexity index is 701. The van der Waals surface area contributed by atoms with Gasteiger partial charge in [-0.3, -0.25) is 4.79 Å². The van der Waals surface area contributed by atoms with Crippen molar-refractivity contribution in [3.8, 4) is 0 Å². The predicted octanol–water partition coefficient (Wildman–Crippen LogP) is 5.72. The number of Topliss-reactive ketones (excluding diaryl/α,β-unsaturated/α-hetero) is 1. The van der Waals surface area contributed by atoms with Crippen molar-refractivity contribution in [1.82, 2.24) is 0 Å². The highest BCUT2D eigenvalue weighted by Crippen LogP contribution is 2.29. The van der Waals surface area contributed by atoms with Crippen molar-refractivity contribution in [1.29, 1.82) is 0 Å². The lowest BCUT2D eigenvalue weighted by Gasteiger charge is -2.27. The number of hydrogen-bond donors (Lipinski definition) is 1. The van der Waals surface area contributed by atoms with Crippen LogP contribution in [-0.4, -0.2) is 42.3 Å². The summed E-state index contributed by atoms with van der Waals surface area (Å²) in [6, 6.07) is 0. The zero-order valence-corrected chi connectivity index (χ0v) is 21.0. The van der Waals surface area contributed by atoms with Crippen LogP contribution in [0.1, 0.15) is 85.0 Å². The molecular formula is C28H44O5. The number of aliphatic hydroxyl groups is 1. The summed E-state index contributed by atoms with van der Waals surface area (Å²) in [4.78, 5) is 25.5. The van der Waals surface area contributed by atoms with Gasteiger partial charge < -0.3 is 14.6 Å². The third-order valence-electron chi connectivity index (χ3n) is 7.17. The Balaban J connectivity index is 2.12. The third-order valence-corrected chi connectivity index (χ3v) is 7.17. The summed E-state index contributed by atoms with van der Waals surface area (Å²) in [5.74, 6) is -0.204. The average molecular weight is 461 g/mol. The largest absolute Gasteiger partial charge is 0.454 e. The normalized spacial score (nSPS) is 32.6. The first kappa shape index (κ1) is 27.5. The van der Waals surface area contributed by atoms with E-state index in [0.717, 1.165) is 30.8 Å². The van der Waals surface area contributed by atoms with Gasteiger partial charge in [0.2, 0.25) is 0 Å². The summed E-state index contributed by atoms with van der Waals surface area (Å²) in [5, 5.41) is 10.8. The molecule has 1 aliphatic heterocycles. The van der Waals surface area contributed by atoms with Gasteiger partial charge in [0.15, 0.2) is 0 Å². The van der Waals surface area contributed by atoms with Gasteiger partial charge >= 0.3 is 5.97 Å². The van der Waals surface area contributed by atoms with Crippen molar-refractivity contribution >= 4 is 11.8 Å². The third kappa shape index (κ3) is 9.21. The number of carbonyl (C=O) groups excluding carboxylic acids is 2. The first-order chi connectivity index (χ1) is 15.8. The number of ether oxygens (including phenoxy) is 2. The molecule has 5 atom stereocenters. The zero-order chi connectivity index (χ0) is 24.2. The molecule has 1 unspecified atom stereocenters. The van der Waals surface area contributed by atoms with Crippen molar-refractivity contribution in [3.05, 3.63) is 36.0 Å². The van der Waals surface area contributed by atoms with Crippen LogP contribution in [0.5, 0.6) is 0 Å². The van der Waals surface area contributed by atoms with Gasteiger partial charge in [-0.2, -0.15) is 0 Å². The van der Waals surface area contributed by atoms with Crippen LogP contribution in [0.2, 0.25) is 0 Å². The number of methoxy groups -OCH3 is 1. The van der Waals surface area contributed by atoms with Gasteiger partial charge in [-0.05, 0) is 37.7 Å². The summed E-state index contributed by atoms with van der Waals surface area (Å²) in [5.41, 5.74) is 0.785. The second kappa shape index (κ2) is 14.5. The Morgan fingerprint density at radius 2 is 1.91 bits per heavy atom. The summed E-state index contributed by atoms with van der Waals surface area (Å²) >= 11 is 0. The Kier molecular flexibility index (Phi) is 12.1. The smallest absolute Gasteiger partial charge is 0.331 e. The summed E-state index contributed by atoms with van der Waals surface area (Å²) < 4.78 is 11.2. The van der Waals surface area contributed by atoms with Gasteiger partial charge in [-0.25, -0.2) is 4.79 Å². The van der Waals surface area contributed by atoms with Gasteiger partial charge in [0.1, 0.15) is 18.0 Å². The molecule has 33 heavy (non-hydrogen) atoms. The number of carbonyl (C=O) groups is 2. The molecular weight excluding hydrogens is 416 g/mol. The Hall–Kier alpha value is -1.72. The van der Waals surface area contributed by atoms with E-state index in [2.05, 4.69) is 0 Å². The molecule has 0 amide bonds. The van der Waals surface area contributed by atoms with Crippen molar-refractivity contribution in [3.63, 3.8) is 0 Å². The first-order valence-electron chi connectivity index (χ1n) is 12.8. The fourth-order valence-electron chi connectivity index (χ4n) is 5.03. The van der Waals surface area contributed by atoms with Crippen LogP contribution in [-0.2, 0) is 19.1 Å². The molecule has 2 rings (SSSR count). The molecule has 186 valence electrons. The van der Waals surface area contributed by atoms with E-state index in [9.17, 15) is 14.7 Å². The molecule has 0 aromatic heterocycles. The maximum absolute atomic E-state index is 13.0. The highest BCUT2D eigenvalue weighted by molar-refractivity contribution is 5.84. The van der Waals surface area contributed by atoms with Crippen LogP contribution < -0.4 is 0 Å². The van der Waals surface area contributed by atoms with Gasteiger partial charge in [-0.15, -0.1) is 0 Å². The highest BCUT2D eigenvalue weighted by atomic mass is 16.5. The number of aliphatic hydroxyl groups excluding tert-OH is 1. The molecule has 5 heteroatoms. The van der Waals surface area contributed by atoms with Crippen molar-refractivity contribution in [2.45, 2.75) is 103 Å². The Labute approximate surface area is 200 Å². The maximum atomic E-state index is 13.0. The minimum atomic E-state index is -0.738. The van der Waals surface area contributed by atoms with Gasteiger partial charge in [0.05, 0.1) is 12.0 Å². The lowest BCUT2D eigenvalue weighted by Crippen LogP contribution is -2.34. The van der Waals surface area contributed by atoms with Crippen LogP contribution in [0.25, 0.3) is 0 Å². The quantitative estimate of drug-likeness (QED) is 0.389. The molecule has 1 aliphatic carbocycles. The van der Waals surface area contributed by atoms with E-state index in [-0.39, 0.29) is 11.7 Å². The minimum Gasteiger partial charge on any atom is -0.454 e. The molecule has 2 aliphatic rings. The van der Waals surface area contributed by atoms with E-state index in [1.54, 1.807) is 13.2 Å². The molecule has 0 saturated heterocycles. The number of ketones is 1. The second-order valence-corrected chi connectivity index (χ2v) is 9.88. The molecule has 1 heterocycles. The van der Waals surface area contributed by atoms with Crippen LogP contribution in [0, 0.1) is 17.8 Å². The molecule has 0 aromatic rings. The molecule has 1 N–H and O–H groups in total. The molecule has 0 bridgehead atoms. The van der Waals surface area contributed by atoms with Crippen molar-refractivity contribution in [2.75, 3.05) is 7.11 Å². The van der Waals surface area contributed by atoms with Gasteiger partial charge in [-0.1, -0.05) is 76.7 Å². The molecule has 5 nitrogen and oxygen atoms in total. The lowest BCUT2D eigenvalue weighted by atomic mass is 9.84. The second-order valence-electron chi connectivity index (χ2n) is 9.88. The lowest BCUT2D eigenvalue weighted by molar-refractivity contribution is -0.145. The van der Waals surface area contributed by atoms with Crippen molar-refractivity contribution in [2.24, 2.45) is 17.8 Å². The number of allylic oxidation sites excluding steroid dienone is 2. The summed E-state index contributed by atoms with van der Waals surface area (Å²) in [6.45, 7) is 5.64. The van der Waals surface area contributed by atoms with Gasteiger partial charge in [0, 0.05) is 25.5 Å². The van der Waals surface area contributed by atoms with Crippen LogP contribution in [0.3, 0.4) is 0 Å². The molecule has 0 radical (unpaired) electrons. The van der Waals surface area contributed by atoms with E-state index in [1.165, 1.54) is 38.2 Å². The molecule has 1 saturated carbocycles. The van der Waals surface area contributed by atoms with Crippen LogP contribution in [0.4, 0.5) is 0 Å². The fraction of sp³-hybridized carbons (Fsp3) is 0.714. The van der Waals surface area contributed by atoms with E-state index in [0.29, 0.717) is 12.8 Å². The van der Waals surface area contributed by atoms with E-state index in [4.69, 9.17) is 9.47 Å². The molecule has 1 fully saturated rings. The van der Waals surface area contributed by atoms with E-state index >= 15 is 0 Å². The summed E-state index contributed by atoms with van der Waals surface area (Å²) in [6.07, 6.45) is 17.7. The number of hydrogen-bond acceptors (Lipinski definition) is 5. The topological polar surface area (TPSA) is 72.8 Å². The number of esters is 1. The monoisotopic (exact) mass is 460 g/mol. The van der Waals surface area contributed by atoms with E-state index in [1.807, 2.05) is 39.0 Å². The number of rotatable bonds is 7. The zero-order valence-electron chi connectivity index (χ0n) is 21.0. The number of cyclic esters (lactones) is 1. The SMILES string of the molecule is CO[C@H]1/C=C/CC/C=C/C(=O)O[C@H]([C@H](C)C(=O)CCCC2CCCCC2)/C(C)=C\C(C)[C@@H]1O. The highest BCUT2D eigenvalue weighted by Gasteiger charge is 2.30. The molecule has 0 aromatic carbocycles. The van der Waals surface area contributed by atoms with Crippen molar-refractivity contribution < 1.29 is 24.2 Å². The summed E-state index contributed by atoms with van der Waals surface area (Å²) in [7, 11) is 1.59. The maximum Gasteiger partial charge on any atom is 0.331 e. The van der Waals surface area contributed by atoms with Crippen LogP contribution >= 0.6 is 0 Å². The molecule has 0 spiro atoms. The minimum absolute atomic E-state index is 0.132. The average Bonchev–Trinajstić information content (AvgIpc) is 2.81. The Morgan fingerprint density at radius 1 is 1.21 bits per heavy atom. The van der Waals surface area contributed by atoms with Crippen LogP contribution in [0.15, 0.2) is 36.0 Å². The first-order valence-corrected chi connectivity index (χ1v) is 12.8. The van der Waals surface area contributed by atoms with Gasteiger partial charge in [0.25, 0.3) is 0 Å². The fourth-order valence-corrected chi connectivity index (χ4v) is 5.03. The standard InChI is InChI=1S/C28H44O5/c1-20-19-21(2)28(22(3)24(29)16-12-15-23-13-8-7-9-14-23)33-26(30)18-11-6-5-10-17-25(32-4)27(20)31/h10-11,17-20,22-23,25,27-28,31H,5-9,12-16H2,1-4H3/b17-10+,18-11+,21-19-/t20?,22-,25+,27+,28+/m1/s1. The Morgan fingerprint density at radius 3 is 2.61 bits per heavy atom. The van der Waals surface area contributed by atoms with E-state index < -0.39 is 30.2 Å².